The van der Waals surface area contributed by atoms with Crippen molar-refractivity contribution in [3.05, 3.63) is 29.8 Å². The van der Waals surface area contributed by atoms with Crippen LogP contribution in [0.4, 0.5) is 0 Å². The minimum atomic E-state index is 0.0835. The van der Waals surface area contributed by atoms with Crippen molar-refractivity contribution in [1.29, 1.82) is 0 Å². The molecular weight excluding hydrogens is 248 g/mol. The molecule has 0 radical (unpaired) electrons. The van der Waals surface area contributed by atoms with E-state index in [1.165, 1.54) is 11.8 Å². The molecule has 4 nitrogen and oxygen atoms in total. The van der Waals surface area contributed by atoms with Crippen LogP contribution in [0.3, 0.4) is 0 Å². The molecule has 0 aliphatic rings. The summed E-state index contributed by atoms with van der Waals surface area (Å²) in [7, 11) is 3.33. The van der Waals surface area contributed by atoms with Crippen molar-refractivity contribution in [3.63, 3.8) is 0 Å². The number of rotatable bonds is 6. The summed E-state index contributed by atoms with van der Waals surface area (Å²) in [5, 5.41) is 0.574. The number of ether oxygens (including phenoxy) is 2. The molecule has 1 atom stereocenters. The Morgan fingerprint density at radius 1 is 1.39 bits per heavy atom. The molecule has 0 heterocycles. The van der Waals surface area contributed by atoms with Gasteiger partial charge in [0.2, 0.25) is 0 Å². The maximum Gasteiger partial charge on any atom is 0.154 e. The molecule has 0 aliphatic carbocycles. The number of methoxy groups -OCH3 is 2. The van der Waals surface area contributed by atoms with Gasteiger partial charge in [0.15, 0.2) is 5.17 Å². The molecule has 18 heavy (non-hydrogen) atoms. The molecule has 5 heteroatoms. The number of amidine groups is 1. The Morgan fingerprint density at radius 2 is 2.11 bits per heavy atom. The van der Waals surface area contributed by atoms with Gasteiger partial charge in [-0.15, -0.1) is 0 Å². The molecule has 0 amide bonds. The van der Waals surface area contributed by atoms with Gasteiger partial charge in [-0.1, -0.05) is 30.0 Å². The molecule has 0 spiro atoms. The molecule has 2 N–H and O–H groups in total. The second kappa shape index (κ2) is 8.00. The van der Waals surface area contributed by atoms with Crippen LogP contribution in [0, 0.1) is 0 Å². The Kier molecular flexibility index (Phi) is 6.60. The summed E-state index contributed by atoms with van der Waals surface area (Å²) in [6.45, 7) is 2.55. The second-order valence-electron chi connectivity index (χ2n) is 3.87. The van der Waals surface area contributed by atoms with Gasteiger partial charge in [0.25, 0.3) is 0 Å². The largest absolute Gasteiger partial charge is 0.496 e. The van der Waals surface area contributed by atoms with E-state index in [9.17, 15) is 0 Å². The number of nitrogens with two attached hydrogens (primary N) is 1. The minimum Gasteiger partial charge on any atom is -0.496 e. The lowest BCUT2D eigenvalue weighted by molar-refractivity contribution is 0.186. The van der Waals surface area contributed by atoms with E-state index in [1.54, 1.807) is 14.2 Å². The van der Waals surface area contributed by atoms with Gasteiger partial charge in [-0.3, -0.25) is 4.99 Å². The van der Waals surface area contributed by atoms with Crippen LogP contribution in [-0.2, 0) is 10.5 Å². The van der Waals surface area contributed by atoms with Crippen molar-refractivity contribution in [2.45, 2.75) is 18.7 Å². The smallest absolute Gasteiger partial charge is 0.154 e. The fourth-order valence-corrected chi connectivity index (χ4v) is 2.30. The molecule has 1 rings (SSSR count). The van der Waals surface area contributed by atoms with Crippen LogP contribution in [0.15, 0.2) is 29.3 Å². The van der Waals surface area contributed by atoms with Gasteiger partial charge in [0.05, 0.1) is 19.8 Å². The van der Waals surface area contributed by atoms with Gasteiger partial charge >= 0.3 is 0 Å². The Hall–Kier alpha value is -1.20. The van der Waals surface area contributed by atoms with Crippen molar-refractivity contribution < 1.29 is 9.47 Å². The first-order valence-electron chi connectivity index (χ1n) is 5.74. The molecule has 1 aromatic rings. The third kappa shape index (κ3) is 4.98. The monoisotopic (exact) mass is 268 g/mol. The third-order valence-corrected chi connectivity index (χ3v) is 3.18. The van der Waals surface area contributed by atoms with E-state index in [2.05, 4.69) is 4.99 Å². The molecule has 0 saturated heterocycles. The lowest BCUT2D eigenvalue weighted by atomic mass is 10.2. The quantitative estimate of drug-likeness (QED) is 0.635. The second-order valence-corrected chi connectivity index (χ2v) is 4.87. The van der Waals surface area contributed by atoms with Gasteiger partial charge < -0.3 is 15.2 Å². The molecule has 0 unspecified atom stereocenters. The van der Waals surface area contributed by atoms with E-state index >= 15 is 0 Å². The number of nitrogens with zero attached hydrogens (tertiary/aromatic N) is 1. The van der Waals surface area contributed by atoms with Crippen LogP contribution in [0.2, 0.25) is 0 Å². The highest BCUT2D eigenvalue weighted by atomic mass is 32.2. The molecular formula is C13H20N2O2S. The van der Waals surface area contributed by atoms with Gasteiger partial charge in [0.1, 0.15) is 5.75 Å². The van der Waals surface area contributed by atoms with Gasteiger partial charge in [-0.25, -0.2) is 0 Å². The lowest BCUT2D eigenvalue weighted by Gasteiger charge is -2.09. The molecule has 0 bridgehead atoms. The van der Waals surface area contributed by atoms with E-state index in [1.807, 2.05) is 31.2 Å². The molecule has 0 aliphatic heterocycles. The van der Waals surface area contributed by atoms with Gasteiger partial charge in [-0.2, -0.15) is 0 Å². The average Bonchev–Trinajstić information content (AvgIpc) is 2.37. The highest BCUT2D eigenvalue weighted by molar-refractivity contribution is 8.13. The number of thioether (sulfide) groups is 1. The van der Waals surface area contributed by atoms with Gasteiger partial charge in [-0.05, 0) is 13.0 Å². The van der Waals surface area contributed by atoms with Crippen LogP contribution < -0.4 is 10.5 Å². The first kappa shape index (κ1) is 14.9. The third-order valence-electron chi connectivity index (χ3n) is 2.32. The van der Waals surface area contributed by atoms with Crippen molar-refractivity contribution in [3.8, 4) is 5.75 Å². The number of hydrogen-bond acceptors (Lipinski definition) is 4. The van der Waals surface area contributed by atoms with E-state index in [-0.39, 0.29) is 6.04 Å². The molecule has 0 aromatic heterocycles. The highest BCUT2D eigenvalue weighted by Gasteiger charge is 2.04. The summed E-state index contributed by atoms with van der Waals surface area (Å²) in [5.74, 6) is 1.63. The standard InChI is InChI=1S/C13H20N2O2S/c1-10(8-16-2)15-13(14)18-9-11-6-4-5-7-12(11)17-3/h4-7,10H,8-9H2,1-3H3,(H2,14,15)/t10-/m0/s1. The predicted molar refractivity (Wildman–Crippen MR) is 77.2 cm³/mol. The summed E-state index contributed by atoms with van der Waals surface area (Å²) in [6, 6.07) is 7.99. The number of aliphatic imine (C=N–C) groups is 1. The summed E-state index contributed by atoms with van der Waals surface area (Å²) in [4.78, 5) is 4.33. The van der Waals surface area contributed by atoms with E-state index < -0.39 is 0 Å². The number of benzene rings is 1. The highest BCUT2D eigenvalue weighted by Crippen LogP contribution is 2.22. The Labute approximate surface area is 113 Å². The lowest BCUT2D eigenvalue weighted by Crippen LogP contribution is -2.15. The van der Waals surface area contributed by atoms with Crippen LogP contribution in [0.1, 0.15) is 12.5 Å². The summed E-state index contributed by atoms with van der Waals surface area (Å²) < 4.78 is 10.3. The van der Waals surface area contributed by atoms with E-state index in [4.69, 9.17) is 15.2 Å². The first-order chi connectivity index (χ1) is 8.67. The Bertz CT molecular complexity index is 396. The Balaban J connectivity index is 2.54. The zero-order valence-electron chi connectivity index (χ0n) is 11.1. The topological polar surface area (TPSA) is 56.8 Å². The van der Waals surface area contributed by atoms with Crippen LogP contribution in [0.25, 0.3) is 0 Å². The normalized spacial score (nSPS) is 13.4. The zero-order chi connectivity index (χ0) is 13.4. The maximum atomic E-state index is 5.86. The average molecular weight is 268 g/mol. The van der Waals surface area contributed by atoms with Crippen LogP contribution in [0.5, 0.6) is 5.75 Å². The number of para-hydroxylation sites is 1. The summed E-state index contributed by atoms with van der Waals surface area (Å²) >= 11 is 1.51. The first-order valence-corrected chi connectivity index (χ1v) is 6.72. The summed E-state index contributed by atoms with van der Waals surface area (Å²) in [5.41, 5.74) is 6.97. The molecule has 0 fully saturated rings. The van der Waals surface area contributed by atoms with Crippen molar-refractivity contribution >= 4 is 16.9 Å². The summed E-state index contributed by atoms with van der Waals surface area (Å²) in [6.07, 6.45) is 0. The van der Waals surface area contributed by atoms with Crippen LogP contribution >= 0.6 is 11.8 Å². The van der Waals surface area contributed by atoms with Crippen molar-refractivity contribution in [1.82, 2.24) is 0 Å². The Morgan fingerprint density at radius 3 is 2.78 bits per heavy atom. The zero-order valence-corrected chi connectivity index (χ0v) is 11.9. The van der Waals surface area contributed by atoms with Crippen LogP contribution in [-0.4, -0.2) is 32.0 Å². The van der Waals surface area contributed by atoms with Crippen molar-refractivity contribution in [2.75, 3.05) is 20.8 Å². The van der Waals surface area contributed by atoms with Crippen molar-refractivity contribution in [2.24, 2.45) is 10.7 Å². The van der Waals surface area contributed by atoms with Gasteiger partial charge in [0, 0.05) is 18.4 Å². The fraction of sp³-hybridized carbons (Fsp3) is 0.462. The van der Waals surface area contributed by atoms with E-state index in [0.29, 0.717) is 11.8 Å². The molecule has 0 saturated carbocycles. The maximum absolute atomic E-state index is 5.86. The SMILES string of the molecule is COC[C@H](C)N=C(N)SCc1ccccc1OC. The molecule has 1 aromatic carbocycles. The molecule has 100 valence electrons. The fourth-order valence-electron chi connectivity index (χ4n) is 1.51. The predicted octanol–water partition coefficient (Wildman–Crippen LogP) is 2.28. The number of hydrogen-bond donors (Lipinski definition) is 1. The minimum absolute atomic E-state index is 0.0835. The van der Waals surface area contributed by atoms with E-state index in [0.717, 1.165) is 17.1 Å².